The van der Waals surface area contributed by atoms with Crippen LogP contribution in [0.1, 0.15) is 22.0 Å². The fraction of sp³-hybridized carbons (Fsp3) is 0.222. The van der Waals surface area contributed by atoms with Crippen molar-refractivity contribution >= 4 is 17.6 Å². The predicted molar refractivity (Wildman–Crippen MR) is 50.8 cm³/mol. The number of carboxylic acid groups (broad SMARTS) is 1. The zero-order chi connectivity index (χ0) is 10.3. The monoisotopic (exact) mass is 213 g/mol. The van der Waals surface area contributed by atoms with E-state index in [9.17, 15) is 4.79 Å². The molecule has 0 fully saturated rings. The van der Waals surface area contributed by atoms with Crippen LogP contribution in [0.5, 0.6) is 5.75 Å². The maximum absolute atomic E-state index is 10.9. The Morgan fingerprint density at radius 1 is 1.64 bits per heavy atom. The number of benzene rings is 1. The summed E-state index contributed by atoms with van der Waals surface area (Å²) < 4.78 is 5.21. The molecule has 5 heteroatoms. The highest BCUT2D eigenvalue weighted by molar-refractivity contribution is 6.31. The zero-order valence-electron chi connectivity index (χ0n) is 7.16. The van der Waals surface area contributed by atoms with Crippen LogP contribution in [-0.2, 0) is 0 Å². The molecule has 2 rings (SSSR count). The molecule has 0 aromatic heterocycles. The molecule has 0 aliphatic carbocycles. The van der Waals surface area contributed by atoms with E-state index in [1.807, 2.05) is 0 Å². The maximum atomic E-state index is 10.9. The Bertz CT molecular complexity index is 405. The third kappa shape index (κ3) is 1.32. The summed E-state index contributed by atoms with van der Waals surface area (Å²) in [5, 5.41) is 9.26. The molecular formula is C9H8ClNO3. The van der Waals surface area contributed by atoms with Gasteiger partial charge in [0.25, 0.3) is 0 Å². The number of hydrogen-bond acceptors (Lipinski definition) is 3. The third-order valence-electron chi connectivity index (χ3n) is 2.13. The minimum Gasteiger partial charge on any atom is -0.491 e. The molecule has 1 aromatic rings. The molecule has 1 atom stereocenters. The van der Waals surface area contributed by atoms with E-state index in [0.717, 1.165) is 0 Å². The lowest BCUT2D eigenvalue weighted by Crippen LogP contribution is -2.14. The van der Waals surface area contributed by atoms with E-state index in [2.05, 4.69) is 0 Å². The van der Waals surface area contributed by atoms with E-state index >= 15 is 0 Å². The summed E-state index contributed by atoms with van der Waals surface area (Å²) in [6.45, 7) is 0.302. The van der Waals surface area contributed by atoms with Crippen molar-refractivity contribution in [2.75, 3.05) is 6.61 Å². The van der Waals surface area contributed by atoms with Crippen molar-refractivity contribution in [2.45, 2.75) is 6.04 Å². The minimum atomic E-state index is -1.04. The second kappa shape index (κ2) is 3.15. The number of nitrogens with two attached hydrogens (primary N) is 1. The predicted octanol–water partition coefficient (Wildman–Crippen LogP) is 1.43. The molecule has 1 aliphatic heterocycles. The average Bonchev–Trinajstić information content (AvgIpc) is 2.46. The van der Waals surface area contributed by atoms with Crippen LogP contribution in [0.25, 0.3) is 0 Å². The Labute approximate surface area is 85.2 Å². The van der Waals surface area contributed by atoms with Gasteiger partial charge < -0.3 is 15.6 Å². The molecule has 0 saturated heterocycles. The highest BCUT2D eigenvalue weighted by Gasteiger charge is 2.27. The Kier molecular flexibility index (Phi) is 2.09. The lowest BCUT2D eigenvalue weighted by molar-refractivity contribution is 0.0695. The Morgan fingerprint density at radius 3 is 3.00 bits per heavy atom. The molecule has 0 saturated carbocycles. The first-order chi connectivity index (χ1) is 6.59. The maximum Gasteiger partial charge on any atom is 0.336 e. The van der Waals surface area contributed by atoms with Crippen molar-refractivity contribution < 1.29 is 14.6 Å². The van der Waals surface area contributed by atoms with E-state index < -0.39 is 5.97 Å². The topological polar surface area (TPSA) is 72.5 Å². The first kappa shape index (κ1) is 9.30. The zero-order valence-corrected chi connectivity index (χ0v) is 7.91. The van der Waals surface area contributed by atoms with Gasteiger partial charge in [0.1, 0.15) is 12.4 Å². The van der Waals surface area contributed by atoms with Crippen molar-refractivity contribution in [3.63, 3.8) is 0 Å². The van der Waals surface area contributed by atoms with Crippen LogP contribution in [0.3, 0.4) is 0 Å². The van der Waals surface area contributed by atoms with Crippen LogP contribution >= 0.6 is 11.6 Å². The number of carboxylic acids is 1. The summed E-state index contributed by atoms with van der Waals surface area (Å²) >= 11 is 5.74. The molecule has 14 heavy (non-hydrogen) atoms. The second-order valence-electron chi connectivity index (χ2n) is 3.09. The van der Waals surface area contributed by atoms with Crippen LogP contribution in [0, 0.1) is 0 Å². The summed E-state index contributed by atoms with van der Waals surface area (Å²) in [6.07, 6.45) is 0. The van der Waals surface area contributed by atoms with Crippen LogP contribution in [0.15, 0.2) is 12.1 Å². The van der Waals surface area contributed by atoms with Gasteiger partial charge in [0.05, 0.1) is 11.6 Å². The normalized spacial score (nSPS) is 18.9. The van der Waals surface area contributed by atoms with Crippen molar-refractivity contribution in [3.8, 4) is 5.75 Å². The number of ether oxygens (including phenoxy) is 1. The molecule has 0 spiro atoms. The van der Waals surface area contributed by atoms with E-state index in [1.165, 1.54) is 6.07 Å². The first-order valence-electron chi connectivity index (χ1n) is 4.04. The molecule has 3 N–H and O–H groups in total. The van der Waals surface area contributed by atoms with Gasteiger partial charge in [-0.2, -0.15) is 0 Å². The van der Waals surface area contributed by atoms with Crippen molar-refractivity contribution in [3.05, 3.63) is 28.3 Å². The number of rotatable bonds is 1. The summed E-state index contributed by atoms with van der Waals surface area (Å²) in [5.41, 5.74) is 6.36. The molecule has 4 nitrogen and oxygen atoms in total. The molecule has 74 valence electrons. The molecule has 1 aliphatic rings. The van der Waals surface area contributed by atoms with Crippen molar-refractivity contribution in [1.29, 1.82) is 0 Å². The van der Waals surface area contributed by atoms with Crippen molar-refractivity contribution in [1.82, 2.24) is 0 Å². The van der Waals surface area contributed by atoms with Crippen LogP contribution in [-0.4, -0.2) is 17.7 Å². The standard InChI is InChI=1S/C9H8ClNO3/c10-4-1-5(9(12)13)8-6(11)3-14-7(8)2-4/h1-2,6H,3,11H2,(H,12,13). The largest absolute Gasteiger partial charge is 0.491 e. The molecule has 1 heterocycles. The molecule has 0 amide bonds. The number of aromatic carboxylic acids is 1. The van der Waals surface area contributed by atoms with E-state index in [1.54, 1.807) is 6.07 Å². The first-order valence-corrected chi connectivity index (χ1v) is 4.42. The molecule has 0 radical (unpaired) electrons. The van der Waals surface area contributed by atoms with Gasteiger partial charge in [-0.15, -0.1) is 0 Å². The minimum absolute atomic E-state index is 0.123. The molecule has 1 aromatic carbocycles. The van der Waals surface area contributed by atoms with Crippen LogP contribution in [0.2, 0.25) is 5.02 Å². The summed E-state index contributed by atoms with van der Waals surface area (Å²) in [4.78, 5) is 10.9. The van der Waals surface area contributed by atoms with Gasteiger partial charge in [-0.3, -0.25) is 0 Å². The van der Waals surface area contributed by atoms with Crippen LogP contribution < -0.4 is 10.5 Å². The molecule has 1 unspecified atom stereocenters. The number of carbonyl (C=O) groups is 1. The van der Waals surface area contributed by atoms with Gasteiger partial charge in [-0.05, 0) is 12.1 Å². The Balaban J connectivity index is 2.65. The fourth-order valence-electron chi connectivity index (χ4n) is 1.53. The summed E-state index contributed by atoms with van der Waals surface area (Å²) in [5.74, 6) is -0.563. The number of fused-ring (bicyclic) bond motifs is 1. The van der Waals surface area contributed by atoms with Gasteiger partial charge in [0, 0.05) is 10.6 Å². The highest BCUT2D eigenvalue weighted by atomic mass is 35.5. The fourth-order valence-corrected chi connectivity index (χ4v) is 1.74. The second-order valence-corrected chi connectivity index (χ2v) is 3.52. The van der Waals surface area contributed by atoms with Crippen LogP contribution in [0.4, 0.5) is 0 Å². The summed E-state index contributed by atoms with van der Waals surface area (Å²) in [7, 11) is 0. The Morgan fingerprint density at radius 2 is 2.36 bits per heavy atom. The molecular weight excluding hydrogens is 206 g/mol. The lowest BCUT2D eigenvalue weighted by atomic mass is 10.0. The third-order valence-corrected chi connectivity index (χ3v) is 2.34. The number of hydrogen-bond donors (Lipinski definition) is 2. The lowest BCUT2D eigenvalue weighted by Gasteiger charge is -2.06. The van der Waals surface area contributed by atoms with Gasteiger partial charge in [-0.1, -0.05) is 11.6 Å². The van der Waals surface area contributed by atoms with E-state index in [4.69, 9.17) is 27.2 Å². The van der Waals surface area contributed by atoms with E-state index in [0.29, 0.717) is 22.9 Å². The van der Waals surface area contributed by atoms with Gasteiger partial charge in [-0.25, -0.2) is 4.79 Å². The van der Waals surface area contributed by atoms with Crippen molar-refractivity contribution in [2.24, 2.45) is 5.73 Å². The summed E-state index contributed by atoms with van der Waals surface area (Å²) in [6, 6.07) is 2.58. The Hall–Kier alpha value is -1.26. The van der Waals surface area contributed by atoms with Gasteiger partial charge >= 0.3 is 5.97 Å². The number of halogens is 1. The van der Waals surface area contributed by atoms with E-state index in [-0.39, 0.29) is 11.6 Å². The quantitative estimate of drug-likeness (QED) is 0.740. The molecule has 0 bridgehead atoms. The van der Waals surface area contributed by atoms with Gasteiger partial charge in [0.2, 0.25) is 0 Å². The average molecular weight is 214 g/mol. The SMILES string of the molecule is NC1COc2cc(Cl)cc(C(=O)O)c21. The highest BCUT2D eigenvalue weighted by Crippen LogP contribution is 2.36. The smallest absolute Gasteiger partial charge is 0.336 e. The van der Waals surface area contributed by atoms with Gasteiger partial charge in [0.15, 0.2) is 0 Å².